The van der Waals surface area contributed by atoms with Gasteiger partial charge >= 0.3 is 0 Å². The number of benzene rings is 3. The topological polar surface area (TPSA) is 92.9 Å². The first kappa shape index (κ1) is 69.3. The number of nitrogens with zero attached hydrogens (tertiary/aromatic N) is 2. The van der Waals surface area contributed by atoms with Crippen molar-refractivity contribution in [2.75, 3.05) is 19.8 Å². The fraction of sp³-hybridized carbons (Fsp3) is 0.722. The number of phenols is 2. The van der Waals surface area contributed by atoms with Crippen molar-refractivity contribution in [3.63, 3.8) is 0 Å². The average molecular weight is 1090 g/mol. The zero-order chi connectivity index (χ0) is 56.2. The van der Waals surface area contributed by atoms with Gasteiger partial charge in [0.05, 0.1) is 31.2 Å². The van der Waals surface area contributed by atoms with Crippen molar-refractivity contribution in [2.24, 2.45) is 9.98 Å². The molecule has 0 aromatic heterocycles. The molecule has 0 bridgehead atoms. The molecule has 3 aromatic rings. The molecule has 0 saturated carbocycles. The second-order valence-corrected chi connectivity index (χ2v) is 23.4. The Morgan fingerprint density at radius 1 is 0.278 bits per heavy atom. The molecule has 0 unspecified atom stereocenters. The number of unbranched alkanes of at least 4 members (excludes halogenated alkanes) is 43. The summed E-state index contributed by atoms with van der Waals surface area (Å²) in [6, 6.07) is 16.6. The van der Waals surface area contributed by atoms with Crippen molar-refractivity contribution in [3.8, 4) is 28.7 Å². The summed E-state index contributed by atoms with van der Waals surface area (Å²) in [5, 5.41) is 22.0. The van der Waals surface area contributed by atoms with Crippen molar-refractivity contribution < 1.29 is 24.4 Å². The number of ether oxygens (including phenoxy) is 3. The molecule has 0 fully saturated rings. The lowest BCUT2D eigenvalue weighted by molar-refractivity contribution is 0.302. The molecule has 0 aliphatic heterocycles. The van der Waals surface area contributed by atoms with Gasteiger partial charge < -0.3 is 24.4 Å². The highest BCUT2D eigenvalue weighted by molar-refractivity contribution is 5.90. The largest absolute Gasteiger partial charge is 0.507 e. The molecule has 0 aliphatic rings. The van der Waals surface area contributed by atoms with E-state index in [9.17, 15) is 10.2 Å². The number of hydrogen-bond acceptors (Lipinski definition) is 7. The van der Waals surface area contributed by atoms with Crippen LogP contribution in [0.25, 0.3) is 0 Å². The molecule has 2 N–H and O–H groups in total. The molecule has 0 spiro atoms. The molecule has 0 amide bonds. The van der Waals surface area contributed by atoms with Crippen LogP contribution in [-0.2, 0) is 0 Å². The van der Waals surface area contributed by atoms with Gasteiger partial charge in [-0.15, -0.1) is 0 Å². The SMILES string of the molecule is CCCCCCCCCCCCCCCCCCCCOc1ccc(C=Nc2ccc(OCCCCCCCCCCCC)cc2N=Cc2ccc(OCCCCCCCCCCCCCCCCCCCC)cc2O)c(O)c1. The Hall–Kier alpha value is -4.00. The van der Waals surface area contributed by atoms with Crippen LogP contribution in [0.5, 0.6) is 28.7 Å². The Bertz CT molecular complexity index is 1910. The smallest absolute Gasteiger partial charge is 0.128 e. The van der Waals surface area contributed by atoms with E-state index in [1.54, 1.807) is 24.6 Å². The second kappa shape index (κ2) is 50.9. The Balaban J connectivity index is 1.40. The standard InChI is InChI=1S/C72H120N2O5/c1-4-7-10-13-16-19-22-24-26-28-30-32-34-36-39-42-45-48-57-78-67-52-50-64(71(75)60-67)62-73-69-55-54-66(77-56-47-44-41-38-21-18-15-12-9-6-3)59-70(69)74-63-65-51-53-68(61-72(65)76)79-58-49-46-43-40-37-35-33-31-29-27-25-23-20-17-14-11-8-5-2/h50-55,59-63,75-76H,4-49,56-58H2,1-3H3. The number of hydrogen-bond donors (Lipinski definition) is 2. The Labute approximate surface area is 486 Å². The minimum absolute atomic E-state index is 0.116. The van der Waals surface area contributed by atoms with Gasteiger partial charge in [0.2, 0.25) is 0 Å². The third-order valence-electron chi connectivity index (χ3n) is 15.9. The molecule has 79 heavy (non-hydrogen) atoms. The van der Waals surface area contributed by atoms with E-state index in [4.69, 9.17) is 24.2 Å². The van der Waals surface area contributed by atoms with E-state index in [2.05, 4.69) is 20.8 Å². The number of aromatic hydroxyl groups is 2. The Morgan fingerprint density at radius 3 is 0.772 bits per heavy atom. The van der Waals surface area contributed by atoms with E-state index < -0.39 is 0 Å². The summed E-state index contributed by atoms with van der Waals surface area (Å²) in [5.41, 5.74) is 2.41. The monoisotopic (exact) mass is 1090 g/mol. The average Bonchev–Trinajstić information content (AvgIpc) is 3.45. The van der Waals surface area contributed by atoms with Crippen LogP contribution in [-0.4, -0.2) is 42.5 Å². The summed E-state index contributed by atoms with van der Waals surface area (Å²) in [4.78, 5) is 9.63. The van der Waals surface area contributed by atoms with Crippen LogP contribution < -0.4 is 14.2 Å². The summed E-state index contributed by atoms with van der Waals surface area (Å²) < 4.78 is 18.3. The van der Waals surface area contributed by atoms with Gasteiger partial charge in [-0.3, -0.25) is 9.98 Å². The number of aliphatic imine (C=N–C) groups is 2. The van der Waals surface area contributed by atoms with Gasteiger partial charge in [0.15, 0.2) is 0 Å². The first-order valence-electron chi connectivity index (χ1n) is 33.8. The molecule has 448 valence electrons. The van der Waals surface area contributed by atoms with Crippen LogP contribution in [0.15, 0.2) is 64.6 Å². The maximum absolute atomic E-state index is 11.0. The summed E-state index contributed by atoms with van der Waals surface area (Å²) in [6.45, 7) is 8.79. The van der Waals surface area contributed by atoms with Crippen molar-refractivity contribution in [3.05, 3.63) is 65.7 Å². The predicted molar refractivity (Wildman–Crippen MR) is 343 cm³/mol. The summed E-state index contributed by atoms with van der Waals surface area (Å²) >= 11 is 0. The Kier molecular flexibility index (Phi) is 44.7. The fourth-order valence-electron chi connectivity index (χ4n) is 10.7. The molecular formula is C72H120N2O5. The quantitative estimate of drug-likeness (QED) is 0.0434. The minimum Gasteiger partial charge on any atom is -0.507 e. The lowest BCUT2D eigenvalue weighted by atomic mass is 10.0. The van der Waals surface area contributed by atoms with E-state index in [-0.39, 0.29) is 11.5 Å². The van der Waals surface area contributed by atoms with E-state index >= 15 is 0 Å². The lowest BCUT2D eigenvalue weighted by Gasteiger charge is -2.10. The van der Waals surface area contributed by atoms with Crippen LogP contribution in [0.4, 0.5) is 11.4 Å². The molecule has 3 rings (SSSR count). The maximum atomic E-state index is 11.0. The maximum Gasteiger partial charge on any atom is 0.128 e. The Morgan fingerprint density at radius 2 is 0.506 bits per heavy atom. The first-order valence-corrected chi connectivity index (χ1v) is 33.8. The van der Waals surface area contributed by atoms with Gasteiger partial charge in [-0.2, -0.15) is 0 Å². The van der Waals surface area contributed by atoms with Gasteiger partial charge in [0.25, 0.3) is 0 Å². The third-order valence-corrected chi connectivity index (χ3v) is 15.9. The van der Waals surface area contributed by atoms with E-state index in [1.165, 1.54) is 270 Å². The van der Waals surface area contributed by atoms with Crippen molar-refractivity contribution >= 4 is 23.8 Å². The molecule has 0 saturated heterocycles. The summed E-state index contributed by atoms with van der Waals surface area (Å²) in [7, 11) is 0. The molecule has 7 heteroatoms. The number of rotatable bonds is 56. The van der Waals surface area contributed by atoms with Gasteiger partial charge in [-0.1, -0.05) is 297 Å². The van der Waals surface area contributed by atoms with E-state index in [0.29, 0.717) is 53.8 Å². The van der Waals surface area contributed by atoms with Crippen molar-refractivity contribution in [1.82, 2.24) is 0 Å². The van der Waals surface area contributed by atoms with Crippen molar-refractivity contribution in [1.29, 1.82) is 0 Å². The highest BCUT2D eigenvalue weighted by atomic mass is 16.5. The highest BCUT2D eigenvalue weighted by Gasteiger charge is 2.09. The van der Waals surface area contributed by atoms with E-state index in [0.717, 1.165) is 31.4 Å². The second-order valence-electron chi connectivity index (χ2n) is 23.4. The normalized spacial score (nSPS) is 11.7. The van der Waals surface area contributed by atoms with Gasteiger partial charge in [-0.05, 0) is 55.7 Å². The van der Waals surface area contributed by atoms with Gasteiger partial charge in [0.1, 0.15) is 28.7 Å². The van der Waals surface area contributed by atoms with Crippen LogP contribution >= 0.6 is 0 Å². The van der Waals surface area contributed by atoms with E-state index in [1.807, 2.05) is 42.5 Å². The highest BCUT2D eigenvalue weighted by Crippen LogP contribution is 2.34. The number of phenolic OH excluding ortho intramolecular Hbond substituents is 2. The summed E-state index contributed by atoms with van der Waals surface area (Å²) in [6.07, 6.45) is 64.9. The van der Waals surface area contributed by atoms with Gasteiger partial charge in [-0.25, -0.2) is 0 Å². The molecule has 0 atom stereocenters. The molecule has 0 aliphatic carbocycles. The fourth-order valence-corrected chi connectivity index (χ4v) is 10.7. The van der Waals surface area contributed by atoms with Crippen LogP contribution in [0, 0.1) is 0 Å². The lowest BCUT2D eigenvalue weighted by Crippen LogP contribution is -1.98. The van der Waals surface area contributed by atoms with Crippen molar-refractivity contribution in [2.45, 2.75) is 316 Å². The van der Waals surface area contributed by atoms with Crippen LogP contribution in [0.1, 0.15) is 327 Å². The molecule has 0 radical (unpaired) electrons. The zero-order valence-corrected chi connectivity index (χ0v) is 51.5. The summed E-state index contributed by atoms with van der Waals surface area (Å²) in [5.74, 6) is 2.29. The van der Waals surface area contributed by atoms with Gasteiger partial charge in [0, 0.05) is 41.8 Å². The predicted octanol–water partition coefficient (Wildman–Crippen LogP) is 23.7. The minimum atomic E-state index is 0.116. The molecular weight excluding hydrogens is 973 g/mol. The van der Waals surface area contributed by atoms with Crippen LogP contribution in [0.2, 0.25) is 0 Å². The van der Waals surface area contributed by atoms with Crippen LogP contribution in [0.3, 0.4) is 0 Å². The molecule has 3 aromatic carbocycles. The third kappa shape index (κ3) is 38.4. The molecule has 7 nitrogen and oxygen atoms in total. The molecule has 0 heterocycles. The first-order chi connectivity index (χ1) is 39.0. The zero-order valence-electron chi connectivity index (χ0n) is 51.5.